The molecule has 2 amide bonds. The van der Waals surface area contributed by atoms with Crippen molar-refractivity contribution >= 4 is 35.0 Å². The SMILES string of the molecule is C[C@@H]1COCc2cc(C#N)cc(c2)Nc2nc3c(cnn3c3c2CCN3C(=O)OC(C)(C)C)C(=O)N1. The fourth-order valence-electron chi connectivity index (χ4n) is 4.35. The van der Waals surface area contributed by atoms with Crippen LogP contribution in [0.4, 0.5) is 22.1 Å². The Kier molecular flexibility index (Phi) is 5.76. The number of fused-ring (bicyclic) bond motifs is 6. The first kappa shape index (κ1) is 23.6. The highest BCUT2D eigenvalue weighted by Crippen LogP contribution is 2.36. The molecule has 0 aliphatic carbocycles. The fourth-order valence-corrected chi connectivity index (χ4v) is 4.35. The predicted molar refractivity (Wildman–Crippen MR) is 131 cm³/mol. The van der Waals surface area contributed by atoms with E-state index >= 15 is 0 Å². The third-order valence-corrected chi connectivity index (χ3v) is 5.82. The highest BCUT2D eigenvalue weighted by Gasteiger charge is 2.35. The third-order valence-electron chi connectivity index (χ3n) is 5.82. The van der Waals surface area contributed by atoms with Crippen molar-refractivity contribution in [1.29, 1.82) is 5.26 Å². The molecule has 0 spiro atoms. The summed E-state index contributed by atoms with van der Waals surface area (Å²) in [7, 11) is 0. The van der Waals surface area contributed by atoms with Crippen LogP contribution in [0.3, 0.4) is 0 Å². The average molecular weight is 490 g/mol. The van der Waals surface area contributed by atoms with Crippen molar-refractivity contribution in [1.82, 2.24) is 19.9 Å². The van der Waals surface area contributed by atoms with Crippen molar-refractivity contribution in [3.63, 3.8) is 0 Å². The monoisotopic (exact) mass is 489 g/mol. The van der Waals surface area contributed by atoms with Crippen LogP contribution < -0.4 is 15.5 Å². The molecule has 0 fully saturated rings. The summed E-state index contributed by atoms with van der Waals surface area (Å²) in [5, 5.41) is 20.2. The van der Waals surface area contributed by atoms with Gasteiger partial charge in [0.15, 0.2) is 5.65 Å². The van der Waals surface area contributed by atoms with Gasteiger partial charge in [-0.25, -0.2) is 9.78 Å². The minimum absolute atomic E-state index is 0.271. The summed E-state index contributed by atoms with van der Waals surface area (Å²) in [4.78, 5) is 32.5. The summed E-state index contributed by atoms with van der Waals surface area (Å²) in [6, 6.07) is 7.29. The molecule has 4 bridgehead atoms. The molecular formula is C25H27N7O4. The van der Waals surface area contributed by atoms with Crippen molar-refractivity contribution < 1.29 is 19.1 Å². The van der Waals surface area contributed by atoms with Gasteiger partial charge in [-0.05, 0) is 57.9 Å². The van der Waals surface area contributed by atoms with Gasteiger partial charge in [-0.2, -0.15) is 14.9 Å². The number of benzene rings is 1. The van der Waals surface area contributed by atoms with Crippen LogP contribution in [0, 0.1) is 11.3 Å². The summed E-state index contributed by atoms with van der Waals surface area (Å²) in [5.74, 6) is 0.629. The van der Waals surface area contributed by atoms with Crippen LogP contribution in [0.5, 0.6) is 0 Å². The molecule has 4 heterocycles. The van der Waals surface area contributed by atoms with Gasteiger partial charge in [0, 0.05) is 23.8 Å². The number of rotatable bonds is 0. The Morgan fingerprint density at radius 3 is 2.86 bits per heavy atom. The zero-order valence-corrected chi connectivity index (χ0v) is 20.6. The molecule has 3 aromatic rings. The number of nitrogens with one attached hydrogen (secondary N) is 2. The number of nitriles is 1. The first-order chi connectivity index (χ1) is 17.1. The van der Waals surface area contributed by atoms with Gasteiger partial charge in [0.2, 0.25) is 0 Å². The topological polar surface area (TPSA) is 134 Å². The highest BCUT2D eigenvalue weighted by molar-refractivity contribution is 6.01. The Balaban J connectivity index is 1.69. The van der Waals surface area contributed by atoms with Crippen LogP contribution in [-0.4, -0.2) is 51.4 Å². The Morgan fingerprint density at radius 2 is 2.11 bits per heavy atom. The number of ether oxygens (including phenoxy) is 2. The summed E-state index contributed by atoms with van der Waals surface area (Å²) < 4.78 is 12.9. The number of carbonyl (C=O) groups excluding carboxylic acids is 2. The van der Waals surface area contributed by atoms with E-state index in [-0.39, 0.29) is 30.7 Å². The second-order valence-corrected chi connectivity index (χ2v) is 9.98. The van der Waals surface area contributed by atoms with Crippen LogP contribution in [-0.2, 0) is 22.5 Å². The van der Waals surface area contributed by atoms with Crippen LogP contribution in [0.25, 0.3) is 5.65 Å². The number of hydrogen-bond donors (Lipinski definition) is 2. The molecule has 5 rings (SSSR count). The van der Waals surface area contributed by atoms with Gasteiger partial charge in [-0.15, -0.1) is 0 Å². The van der Waals surface area contributed by atoms with Gasteiger partial charge in [-0.3, -0.25) is 9.69 Å². The molecule has 2 aliphatic rings. The number of nitrogens with zero attached hydrogens (tertiary/aromatic N) is 5. The molecule has 0 radical (unpaired) electrons. The Morgan fingerprint density at radius 1 is 1.31 bits per heavy atom. The lowest BCUT2D eigenvalue weighted by Gasteiger charge is -2.25. The maximum absolute atomic E-state index is 13.1. The molecule has 1 aromatic carbocycles. The summed E-state index contributed by atoms with van der Waals surface area (Å²) in [6.45, 7) is 8.20. The van der Waals surface area contributed by atoms with Crippen molar-refractivity contribution in [2.75, 3.05) is 23.4 Å². The average Bonchev–Trinajstić information content (AvgIpc) is 3.42. The smallest absolute Gasteiger partial charge is 0.416 e. The highest BCUT2D eigenvalue weighted by atomic mass is 16.6. The van der Waals surface area contributed by atoms with Crippen molar-refractivity contribution in [3.8, 4) is 6.07 Å². The molecule has 11 nitrogen and oxygen atoms in total. The van der Waals surface area contributed by atoms with Crippen LogP contribution in [0.2, 0.25) is 0 Å². The van der Waals surface area contributed by atoms with Gasteiger partial charge in [0.1, 0.15) is 22.8 Å². The van der Waals surface area contributed by atoms with Crippen molar-refractivity contribution in [2.24, 2.45) is 0 Å². The zero-order chi connectivity index (χ0) is 25.6. The van der Waals surface area contributed by atoms with Crippen LogP contribution in [0.1, 0.15) is 54.7 Å². The number of hydrogen-bond acceptors (Lipinski definition) is 8. The van der Waals surface area contributed by atoms with Crippen molar-refractivity contribution in [2.45, 2.75) is 52.4 Å². The van der Waals surface area contributed by atoms with Crippen molar-refractivity contribution in [3.05, 3.63) is 46.6 Å². The lowest BCUT2D eigenvalue weighted by atomic mass is 10.1. The van der Waals surface area contributed by atoms with E-state index in [1.54, 1.807) is 12.1 Å². The van der Waals surface area contributed by atoms with Gasteiger partial charge in [0.05, 0.1) is 31.0 Å². The number of amides is 2. The normalized spacial score (nSPS) is 17.7. The van der Waals surface area contributed by atoms with E-state index in [2.05, 4.69) is 21.8 Å². The molecule has 0 unspecified atom stereocenters. The standard InChI is InChI=1S/C25H27N7O4/c1-14-12-35-13-16-7-15(10-26)8-17(9-16)29-20-18-5-6-31(24(34)36-25(2,3)4)23(18)32-21(30-20)19(11-27-32)22(33)28-14/h7-9,11,14H,5-6,12-13H2,1-4H3,(H,28,33)(H,29,30)/t14-/m1/s1. The number of aromatic nitrogens is 3. The fraction of sp³-hybridized carbons (Fsp3) is 0.400. The molecule has 2 aromatic heterocycles. The lowest BCUT2D eigenvalue weighted by Crippen LogP contribution is -2.37. The largest absolute Gasteiger partial charge is 0.443 e. The molecule has 186 valence electrons. The minimum Gasteiger partial charge on any atom is -0.443 e. The van der Waals surface area contributed by atoms with E-state index in [1.165, 1.54) is 15.6 Å². The summed E-state index contributed by atoms with van der Waals surface area (Å²) in [5.41, 5.74) is 2.58. The first-order valence-electron chi connectivity index (χ1n) is 11.7. The maximum Gasteiger partial charge on any atom is 0.416 e. The molecular weight excluding hydrogens is 462 g/mol. The molecule has 11 heteroatoms. The molecule has 0 saturated heterocycles. The first-order valence-corrected chi connectivity index (χ1v) is 11.7. The molecule has 36 heavy (non-hydrogen) atoms. The quantitative estimate of drug-likeness (QED) is 0.491. The second kappa shape index (κ2) is 8.80. The Hall–Kier alpha value is -4.17. The van der Waals surface area contributed by atoms with E-state index in [0.717, 1.165) is 11.1 Å². The maximum atomic E-state index is 13.1. The van der Waals surface area contributed by atoms with E-state index in [4.69, 9.17) is 14.5 Å². The van der Waals surface area contributed by atoms with Gasteiger partial charge in [0.25, 0.3) is 5.91 Å². The number of carbonyl (C=O) groups is 2. The second-order valence-electron chi connectivity index (χ2n) is 9.98. The zero-order valence-electron chi connectivity index (χ0n) is 20.6. The van der Waals surface area contributed by atoms with E-state index in [1.807, 2.05) is 33.8 Å². The van der Waals surface area contributed by atoms with Crippen LogP contribution >= 0.6 is 0 Å². The molecule has 2 aliphatic heterocycles. The minimum atomic E-state index is -0.678. The van der Waals surface area contributed by atoms with Gasteiger partial charge >= 0.3 is 6.09 Å². The lowest BCUT2D eigenvalue weighted by molar-refractivity contribution is 0.0582. The third kappa shape index (κ3) is 4.43. The van der Waals surface area contributed by atoms with Gasteiger partial charge < -0.3 is 20.1 Å². The summed E-state index contributed by atoms with van der Waals surface area (Å²) in [6.07, 6.45) is 1.45. The van der Waals surface area contributed by atoms with E-state index < -0.39 is 11.7 Å². The number of anilines is 3. The molecule has 0 saturated carbocycles. The Labute approximate surface area is 208 Å². The molecule has 1 atom stereocenters. The van der Waals surface area contributed by atoms with Crippen LogP contribution in [0.15, 0.2) is 24.4 Å². The van der Waals surface area contributed by atoms with E-state index in [9.17, 15) is 14.9 Å². The predicted octanol–water partition coefficient (Wildman–Crippen LogP) is 3.29. The summed E-state index contributed by atoms with van der Waals surface area (Å²) >= 11 is 0. The van der Waals surface area contributed by atoms with E-state index in [0.29, 0.717) is 41.5 Å². The van der Waals surface area contributed by atoms with Gasteiger partial charge in [-0.1, -0.05) is 0 Å². The Bertz CT molecular complexity index is 1420. The molecule has 2 N–H and O–H groups in total.